The van der Waals surface area contributed by atoms with Crippen LogP contribution in [0.5, 0.6) is 5.75 Å². The number of benzene rings is 1. The molecule has 0 saturated carbocycles. The molecule has 142 valence electrons. The average molecular weight is 383 g/mol. The van der Waals surface area contributed by atoms with E-state index in [1.807, 2.05) is 0 Å². The van der Waals surface area contributed by atoms with Gasteiger partial charge in [0.25, 0.3) is 0 Å². The van der Waals surface area contributed by atoms with Gasteiger partial charge in [-0.25, -0.2) is 13.6 Å². The third-order valence-corrected chi connectivity index (χ3v) is 5.35. The summed E-state index contributed by atoms with van der Waals surface area (Å²) < 4.78 is 67.6. The van der Waals surface area contributed by atoms with E-state index in [1.54, 1.807) is 0 Å². The van der Waals surface area contributed by atoms with E-state index in [4.69, 9.17) is 15.0 Å². The Hall–Kier alpha value is -1.36. The Bertz CT molecular complexity index is 763. The van der Waals surface area contributed by atoms with Gasteiger partial charge in [-0.3, -0.25) is 0 Å². The molecule has 1 aromatic rings. The molecule has 0 amide bonds. The second kappa shape index (κ2) is 6.11. The first-order chi connectivity index (χ1) is 11.2. The van der Waals surface area contributed by atoms with Gasteiger partial charge in [0.1, 0.15) is 11.9 Å². The number of fused-ring (bicyclic) bond motifs is 1. The number of hydrogen-bond donors (Lipinski definition) is 3. The SMILES string of the molecule is CC(C)(CC(O)(CO)C(F)(F)F)C1Cc2cc(S(N)(=O)=O)ccc2O1. The number of hydrogen-bond acceptors (Lipinski definition) is 5. The maximum atomic E-state index is 13.0. The number of sulfonamides is 1. The quantitative estimate of drug-likeness (QED) is 0.711. The molecule has 0 bridgehead atoms. The van der Waals surface area contributed by atoms with Gasteiger partial charge in [-0.2, -0.15) is 13.2 Å². The van der Waals surface area contributed by atoms with E-state index in [2.05, 4.69) is 0 Å². The van der Waals surface area contributed by atoms with Crippen LogP contribution in [0.3, 0.4) is 0 Å². The molecule has 2 rings (SSSR count). The zero-order valence-corrected chi connectivity index (χ0v) is 14.5. The predicted octanol–water partition coefficient (Wildman–Crippen LogP) is 1.34. The van der Waals surface area contributed by atoms with Crippen LogP contribution < -0.4 is 9.88 Å². The molecule has 1 heterocycles. The summed E-state index contributed by atoms with van der Waals surface area (Å²) in [7, 11) is -3.91. The lowest BCUT2D eigenvalue weighted by atomic mass is 9.75. The number of primary sulfonamides is 1. The van der Waals surface area contributed by atoms with Crippen LogP contribution in [0.25, 0.3) is 0 Å². The number of aliphatic hydroxyl groups is 2. The Kier molecular flexibility index (Phi) is 4.88. The first-order valence-electron chi connectivity index (χ1n) is 7.42. The van der Waals surface area contributed by atoms with E-state index in [1.165, 1.54) is 32.0 Å². The molecule has 2 atom stereocenters. The number of aliphatic hydroxyl groups excluding tert-OH is 1. The molecule has 6 nitrogen and oxygen atoms in total. The van der Waals surface area contributed by atoms with Crippen molar-refractivity contribution in [3.05, 3.63) is 23.8 Å². The highest BCUT2D eigenvalue weighted by atomic mass is 32.2. The van der Waals surface area contributed by atoms with E-state index in [9.17, 15) is 26.7 Å². The zero-order chi connectivity index (χ0) is 19.3. The topological polar surface area (TPSA) is 110 Å². The summed E-state index contributed by atoms with van der Waals surface area (Å²) >= 11 is 0. The van der Waals surface area contributed by atoms with Gasteiger partial charge in [0, 0.05) is 11.8 Å². The van der Waals surface area contributed by atoms with Crippen molar-refractivity contribution in [2.75, 3.05) is 6.61 Å². The molecule has 0 aromatic heterocycles. The Morgan fingerprint density at radius 3 is 2.40 bits per heavy atom. The van der Waals surface area contributed by atoms with Gasteiger partial charge in [-0.15, -0.1) is 0 Å². The molecule has 1 aromatic carbocycles. The summed E-state index contributed by atoms with van der Waals surface area (Å²) in [5.74, 6) is 0.352. The predicted molar refractivity (Wildman–Crippen MR) is 82.4 cm³/mol. The fourth-order valence-corrected chi connectivity index (χ4v) is 3.52. The molecular formula is C15H20F3NO5S. The second-order valence-corrected chi connectivity index (χ2v) is 8.54. The molecule has 2 unspecified atom stereocenters. The van der Waals surface area contributed by atoms with Crippen LogP contribution in [0.4, 0.5) is 13.2 Å². The van der Waals surface area contributed by atoms with Crippen LogP contribution in [0.1, 0.15) is 25.8 Å². The fraction of sp³-hybridized carbons (Fsp3) is 0.600. The lowest BCUT2D eigenvalue weighted by Gasteiger charge is -2.39. The summed E-state index contributed by atoms with van der Waals surface area (Å²) in [6, 6.07) is 3.97. The van der Waals surface area contributed by atoms with Gasteiger partial charge in [0.05, 0.1) is 11.5 Å². The van der Waals surface area contributed by atoms with Crippen molar-refractivity contribution >= 4 is 10.0 Å². The van der Waals surface area contributed by atoms with Gasteiger partial charge < -0.3 is 14.9 Å². The highest BCUT2D eigenvalue weighted by Gasteiger charge is 2.57. The normalized spacial score (nSPS) is 20.7. The fourth-order valence-electron chi connectivity index (χ4n) is 2.95. The third kappa shape index (κ3) is 3.91. The molecule has 10 heteroatoms. The second-order valence-electron chi connectivity index (χ2n) is 6.98. The molecule has 1 aliphatic heterocycles. The Morgan fingerprint density at radius 1 is 1.32 bits per heavy atom. The van der Waals surface area contributed by atoms with Crippen molar-refractivity contribution < 1.29 is 36.5 Å². The van der Waals surface area contributed by atoms with Gasteiger partial charge in [0.15, 0.2) is 5.60 Å². The van der Waals surface area contributed by atoms with Crippen molar-refractivity contribution in [3.63, 3.8) is 0 Å². The molecular weight excluding hydrogens is 363 g/mol. The van der Waals surface area contributed by atoms with E-state index in [0.717, 1.165) is 0 Å². The number of alkyl halides is 3. The van der Waals surface area contributed by atoms with Crippen LogP contribution in [0.2, 0.25) is 0 Å². The maximum absolute atomic E-state index is 13.0. The summed E-state index contributed by atoms with van der Waals surface area (Å²) in [4.78, 5) is -0.115. The zero-order valence-electron chi connectivity index (χ0n) is 13.7. The maximum Gasteiger partial charge on any atom is 0.419 e. The molecule has 1 aliphatic rings. The lowest BCUT2D eigenvalue weighted by Crippen LogP contribution is -2.53. The smallest absolute Gasteiger partial charge is 0.419 e. The summed E-state index contributed by atoms with van der Waals surface area (Å²) in [5.41, 5.74) is -3.90. The van der Waals surface area contributed by atoms with Crippen LogP contribution in [0.15, 0.2) is 23.1 Å². The molecule has 4 N–H and O–H groups in total. The number of ether oxygens (including phenoxy) is 1. The molecule has 0 fully saturated rings. The van der Waals surface area contributed by atoms with Crippen LogP contribution in [-0.4, -0.2) is 43.1 Å². The highest BCUT2D eigenvalue weighted by Crippen LogP contribution is 2.45. The van der Waals surface area contributed by atoms with Gasteiger partial charge >= 0.3 is 6.18 Å². The monoisotopic (exact) mass is 383 g/mol. The van der Waals surface area contributed by atoms with E-state index < -0.39 is 46.3 Å². The molecule has 0 spiro atoms. The molecule has 0 saturated heterocycles. The Balaban J connectivity index is 2.25. The van der Waals surface area contributed by atoms with Crippen LogP contribution >= 0.6 is 0 Å². The Labute approximate surface area is 143 Å². The van der Waals surface area contributed by atoms with Crippen molar-refractivity contribution in [3.8, 4) is 5.75 Å². The highest BCUT2D eigenvalue weighted by molar-refractivity contribution is 7.89. The molecule has 0 radical (unpaired) electrons. The average Bonchev–Trinajstić information content (AvgIpc) is 2.88. The van der Waals surface area contributed by atoms with Crippen molar-refractivity contribution in [1.29, 1.82) is 0 Å². The largest absolute Gasteiger partial charge is 0.489 e. The lowest BCUT2D eigenvalue weighted by molar-refractivity contribution is -0.282. The van der Waals surface area contributed by atoms with Crippen LogP contribution in [0, 0.1) is 5.41 Å². The first kappa shape index (κ1) is 20.0. The first-order valence-corrected chi connectivity index (χ1v) is 8.97. The van der Waals surface area contributed by atoms with Gasteiger partial charge in [-0.05, 0) is 30.2 Å². The third-order valence-electron chi connectivity index (χ3n) is 4.44. The Morgan fingerprint density at radius 2 is 1.92 bits per heavy atom. The van der Waals surface area contributed by atoms with Crippen molar-refractivity contribution in [1.82, 2.24) is 0 Å². The summed E-state index contributed by atoms with van der Waals surface area (Å²) in [6.07, 6.45) is -6.35. The molecule has 0 aliphatic carbocycles. The summed E-state index contributed by atoms with van der Waals surface area (Å²) in [6.45, 7) is 1.50. The van der Waals surface area contributed by atoms with E-state index >= 15 is 0 Å². The number of rotatable bonds is 5. The van der Waals surface area contributed by atoms with Crippen LogP contribution in [-0.2, 0) is 16.4 Å². The van der Waals surface area contributed by atoms with E-state index in [0.29, 0.717) is 11.3 Å². The number of nitrogens with two attached hydrogens (primary N) is 1. The minimum atomic E-state index is -4.99. The van der Waals surface area contributed by atoms with Gasteiger partial charge in [-0.1, -0.05) is 13.8 Å². The van der Waals surface area contributed by atoms with Crippen molar-refractivity contribution in [2.24, 2.45) is 10.6 Å². The number of halogens is 3. The van der Waals surface area contributed by atoms with Gasteiger partial charge in [0.2, 0.25) is 10.0 Å². The van der Waals surface area contributed by atoms with Crippen molar-refractivity contribution in [2.45, 2.75) is 49.5 Å². The molecule has 25 heavy (non-hydrogen) atoms. The summed E-state index contributed by atoms with van der Waals surface area (Å²) in [5, 5.41) is 23.9. The standard InChI is InChI=1S/C15H20F3NO5S/c1-13(2,7-14(21,8-20)15(16,17)18)12-6-9-5-10(25(19,22)23)3-4-11(9)24-12/h3-5,12,20-21H,6-8H2,1-2H3,(H2,19,22,23). The minimum absolute atomic E-state index is 0.115. The minimum Gasteiger partial charge on any atom is -0.489 e. The van der Waals surface area contributed by atoms with E-state index in [-0.39, 0.29) is 11.3 Å².